The maximum atomic E-state index is 11.3. The zero-order valence-electron chi connectivity index (χ0n) is 10.8. The smallest absolute Gasteiger partial charge is 0.354 e. The number of aromatic nitrogens is 2. The van der Waals surface area contributed by atoms with Gasteiger partial charge in [-0.3, -0.25) is 9.58 Å². The molecule has 1 aromatic rings. The van der Waals surface area contributed by atoms with Crippen molar-refractivity contribution in [2.75, 3.05) is 0 Å². The topological polar surface area (TPSA) is 58.4 Å². The Kier molecular flexibility index (Phi) is 2.73. The molecule has 1 aliphatic heterocycles. The van der Waals surface area contributed by atoms with Gasteiger partial charge in [0.1, 0.15) is 0 Å². The fourth-order valence-electron chi connectivity index (χ4n) is 2.21. The fraction of sp³-hybridized carbons (Fsp3) is 0.667. The highest BCUT2D eigenvalue weighted by atomic mass is 16.4. The summed E-state index contributed by atoms with van der Waals surface area (Å²) in [7, 11) is 0. The molecule has 5 heteroatoms. The van der Waals surface area contributed by atoms with Crippen LogP contribution >= 0.6 is 0 Å². The molecule has 1 aliphatic rings. The maximum Gasteiger partial charge on any atom is 0.354 e. The molecular weight excluding hydrogens is 218 g/mol. The molecule has 0 atom stereocenters. The standard InChI is InChI=1S/C12H19N3O2/c1-5-15-10(11(16)17)8-6-14(12(2,3)4)7-9(8)13-15/h5-7H2,1-4H3,(H,16,17). The summed E-state index contributed by atoms with van der Waals surface area (Å²) in [6.45, 7) is 10.3. The van der Waals surface area contributed by atoms with Crippen molar-refractivity contribution in [1.82, 2.24) is 14.7 Å². The molecule has 0 saturated heterocycles. The summed E-state index contributed by atoms with van der Waals surface area (Å²) in [6, 6.07) is 0. The maximum absolute atomic E-state index is 11.3. The molecular formula is C12H19N3O2. The van der Waals surface area contributed by atoms with Crippen molar-refractivity contribution in [3.05, 3.63) is 17.0 Å². The van der Waals surface area contributed by atoms with Crippen molar-refractivity contribution in [2.45, 2.75) is 52.9 Å². The summed E-state index contributed by atoms with van der Waals surface area (Å²) in [5, 5.41) is 13.6. The van der Waals surface area contributed by atoms with Crippen LogP contribution in [0.25, 0.3) is 0 Å². The molecule has 1 N–H and O–H groups in total. The molecule has 5 nitrogen and oxygen atoms in total. The summed E-state index contributed by atoms with van der Waals surface area (Å²) in [6.07, 6.45) is 0. The van der Waals surface area contributed by atoms with Crippen molar-refractivity contribution in [3.8, 4) is 0 Å². The van der Waals surface area contributed by atoms with Crippen LogP contribution in [0.4, 0.5) is 0 Å². The molecule has 0 spiro atoms. The van der Waals surface area contributed by atoms with E-state index in [0.717, 1.165) is 17.8 Å². The van der Waals surface area contributed by atoms with Gasteiger partial charge < -0.3 is 5.11 Å². The van der Waals surface area contributed by atoms with E-state index in [0.29, 0.717) is 18.8 Å². The molecule has 0 radical (unpaired) electrons. The Balaban J connectivity index is 2.38. The number of carbonyl (C=O) groups is 1. The minimum absolute atomic E-state index is 0.0422. The summed E-state index contributed by atoms with van der Waals surface area (Å²) in [5.41, 5.74) is 2.20. The number of aryl methyl sites for hydroxylation is 1. The second-order valence-electron chi connectivity index (χ2n) is 5.42. The summed E-state index contributed by atoms with van der Waals surface area (Å²) in [4.78, 5) is 13.5. The van der Waals surface area contributed by atoms with Crippen LogP contribution in [0.2, 0.25) is 0 Å². The average molecular weight is 237 g/mol. The van der Waals surface area contributed by atoms with E-state index in [1.54, 1.807) is 4.68 Å². The van der Waals surface area contributed by atoms with E-state index in [1.165, 1.54) is 0 Å². The quantitative estimate of drug-likeness (QED) is 0.850. The van der Waals surface area contributed by atoms with Gasteiger partial charge >= 0.3 is 5.97 Å². The van der Waals surface area contributed by atoms with Crippen LogP contribution in [0.5, 0.6) is 0 Å². The molecule has 0 aromatic carbocycles. The van der Waals surface area contributed by atoms with Gasteiger partial charge in [-0.25, -0.2) is 4.79 Å². The molecule has 17 heavy (non-hydrogen) atoms. The van der Waals surface area contributed by atoms with Gasteiger partial charge in [-0.15, -0.1) is 0 Å². The predicted octanol–water partition coefficient (Wildman–Crippen LogP) is 1.72. The van der Waals surface area contributed by atoms with Crippen LogP contribution < -0.4 is 0 Å². The number of aromatic carboxylic acids is 1. The molecule has 0 saturated carbocycles. The Bertz CT molecular complexity index is 457. The lowest BCUT2D eigenvalue weighted by atomic mass is 10.1. The van der Waals surface area contributed by atoms with Crippen molar-refractivity contribution < 1.29 is 9.90 Å². The third-order valence-electron chi connectivity index (χ3n) is 3.27. The fourth-order valence-corrected chi connectivity index (χ4v) is 2.21. The molecule has 0 fully saturated rings. The van der Waals surface area contributed by atoms with Crippen LogP contribution in [0, 0.1) is 0 Å². The number of carboxylic acids is 1. The Morgan fingerprint density at radius 3 is 2.53 bits per heavy atom. The van der Waals surface area contributed by atoms with Crippen molar-refractivity contribution >= 4 is 5.97 Å². The summed E-state index contributed by atoms with van der Waals surface area (Å²) < 4.78 is 1.59. The molecule has 0 bridgehead atoms. The van der Waals surface area contributed by atoms with Gasteiger partial charge in [-0.2, -0.15) is 5.10 Å². The molecule has 0 amide bonds. The summed E-state index contributed by atoms with van der Waals surface area (Å²) >= 11 is 0. The molecule has 2 heterocycles. The largest absolute Gasteiger partial charge is 0.477 e. The predicted molar refractivity (Wildman–Crippen MR) is 63.9 cm³/mol. The minimum Gasteiger partial charge on any atom is -0.477 e. The minimum atomic E-state index is -0.878. The van der Waals surface area contributed by atoms with Crippen molar-refractivity contribution in [2.24, 2.45) is 0 Å². The number of hydrogen-bond acceptors (Lipinski definition) is 3. The number of hydrogen-bond donors (Lipinski definition) is 1. The molecule has 2 rings (SSSR count). The Morgan fingerprint density at radius 2 is 2.06 bits per heavy atom. The van der Waals surface area contributed by atoms with Crippen LogP contribution in [0.3, 0.4) is 0 Å². The van der Waals surface area contributed by atoms with Gasteiger partial charge in [0.15, 0.2) is 5.69 Å². The van der Waals surface area contributed by atoms with Gasteiger partial charge in [0.25, 0.3) is 0 Å². The Hall–Kier alpha value is -1.36. The SMILES string of the molecule is CCn1nc2c(c1C(=O)O)CN(C(C)(C)C)C2. The average Bonchev–Trinajstić information content (AvgIpc) is 2.70. The van der Waals surface area contributed by atoms with Gasteiger partial charge in [-0.05, 0) is 27.7 Å². The van der Waals surface area contributed by atoms with E-state index in [-0.39, 0.29) is 5.54 Å². The number of rotatable bonds is 2. The second-order valence-corrected chi connectivity index (χ2v) is 5.42. The van der Waals surface area contributed by atoms with E-state index in [9.17, 15) is 9.90 Å². The lowest BCUT2D eigenvalue weighted by Crippen LogP contribution is -2.37. The lowest BCUT2D eigenvalue weighted by Gasteiger charge is -2.31. The Morgan fingerprint density at radius 1 is 1.41 bits per heavy atom. The molecule has 0 unspecified atom stereocenters. The first-order valence-corrected chi connectivity index (χ1v) is 5.91. The van der Waals surface area contributed by atoms with E-state index < -0.39 is 5.97 Å². The van der Waals surface area contributed by atoms with Crippen molar-refractivity contribution in [1.29, 1.82) is 0 Å². The highest BCUT2D eigenvalue weighted by Crippen LogP contribution is 2.30. The normalized spacial score (nSPS) is 16.2. The third-order valence-corrected chi connectivity index (χ3v) is 3.27. The lowest BCUT2D eigenvalue weighted by molar-refractivity contribution is 0.0678. The third kappa shape index (κ3) is 1.95. The zero-order valence-corrected chi connectivity index (χ0v) is 10.8. The Labute approximate surface area is 101 Å². The highest BCUT2D eigenvalue weighted by Gasteiger charge is 2.34. The van der Waals surface area contributed by atoms with Crippen molar-refractivity contribution in [3.63, 3.8) is 0 Å². The van der Waals surface area contributed by atoms with E-state index in [4.69, 9.17) is 0 Å². The van der Waals surface area contributed by atoms with E-state index >= 15 is 0 Å². The zero-order chi connectivity index (χ0) is 12.8. The van der Waals surface area contributed by atoms with E-state index in [1.807, 2.05) is 6.92 Å². The first-order chi connectivity index (χ1) is 7.84. The van der Waals surface area contributed by atoms with E-state index in [2.05, 4.69) is 30.8 Å². The number of nitrogens with zero attached hydrogens (tertiary/aromatic N) is 3. The highest BCUT2D eigenvalue weighted by molar-refractivity contribution is 5.88. The summed E-state index contributed by atoms with van der Waals surface area (Å²) in [5.74, 6) is -0.878. The monoisotopic (exact) mass is 237 g/mol. The van der Waals surface area contributed by atoms with Gasteiger partial charge in [0.05, 0.1) is 5.69 Å². The van der Waals surface area contributed by atoms with Crippen LogP contribution in [0.15, 0.2) is 0 Å². The molecule has 1 aromatic heterocycles. The second kappa shape index (κ2) is 3.84. The number of carboxylic acid groups (broad SMARTS) is 1. The van der Waals surface area contributed by atoms with Gasteiger partial charge in [0.2, 0.25) is 0 Å². The van der Waals surface area contributed by atoms with Crippen LogP contribution in [-0.2, 0) is 19.6 Å². The van der Waals surface area contributed by atoms with Gasteiger partial charge in [-0.1, -0.05) is 0 Å². The first kappa shape index (κ1) is 12.1. The van der Waals surface area contributed by atoms with Gasteiger partial charge in [0, 0.05) is 30.7 Å². The molecule has 94 valence electrons. The molecule has 0 aliphatic carbocycles. The van der Waals surface area contributed by atoms with Crippen LogP contribution in [0.1, 0.15) is 49.4 Å². The number of fused-ring (bicyclic) bond motifs is 1. The first-order valence-electron chi connectivity index (χ1n) is 5.91. The van der Waals surface area contributed by atoms with Crippen LogP contribution in [-0.4, -0.2) is 31.3 Å².